The lowest BCUT2D eigenvalue weighted by molar-refractivity contribution is 0.253. The third kappa shape index (κ3) is 12.0. The van der Waals surface area contributed by atoms with Gasteiger partial charge in [-0.15, -0.1) is 24.0 Å². The van der Waals surface area contributed by atoms with Crippen LogP contribution in [0.2, 0.25) is 0 Å². The van der Waals surface area contributed by atoms with Crippen molar-refractivity contribution >= 4 is 29.9 Å². The van der Waals surface area contributed by atoms with E-state index in [0.29, 0.717) is 12.5 Å². The fourth-order valence-electron chi connectivity index (χ4n) is 2.64. The topological polar surface area (TPSA) is 75.1 Å². The third-order valence-corrected chi connectivity index (χ3v) is 4.01. The molecule has 0 fully saturated rings. The molecule has 0 saturated heterocycles. The quantitative estimate of drug-likeness (QED) is 0.170. The minimum Gasteiger partial charge on any atom is -0.497 e. The maximum atomic E-state index is 9.16. The van der Waals surface area contributed by atoms with Crippen LogP contribution in [-0.4, -0.2) is 51.0 Å². The van der Waals surface area contributed by atoms with Crippen LogP contribution in [0.1, 0.15) is 39.5 Å². The first-order valence-electron chi connectivity index (χ1n) is 9.63. The Labute approximate surface area is 181 Å². The number of nitrogens with zero attached hydrogens (tertiary/aromatic N) is 1. The van der Waals surface area contributed by atoms with Crippen molar-refractivity contribution in [3.05, 3.63) is 24.3 Å². The molecule has 0 aliphatic heterocycles. The number of hydrogen-bond acceptors (Lipinski definition) is 4. The van der Waals surface area contributed by atoms with Crippen LogP contribution < -0.4 is 20.1 Å². The Morgan fingerprint density at radius 2 is 1.96 bits per heavy atom. The highest BCUT2D eigenvalue weighted by molar-refractivity contribution is 14.0. The maximum absolute atomic E-state index is 9.16. The number of guanidine groups is 1. The molecule has 7 heteroatoms. The lowest BCUT2D eigenvalue weighted by atomic mass is 10.0. The molecule has 0 bridgehead atoms. The summed E-state index contributed by atoms with van der Waals surface area (Å²) in [4.78, 5) is 4.66. The summed E-state index contributed by atoms with van der Waals surface area (Å²) in [6.45, 7) is 7.43. The van der Waals surface area contributed by atoms with Crippen LogP contribution in [-0.2, 0) is 0 Å². The van der Waals surface area contributed by atoms with Crippen molar-refractivity contribution < 1.29 is 14.6 Å². The molecule has 0 aliphatic carbocycles. The number of halogens is 1. The van der Waals surface area contributed by atoms with Crippen molar-refractivity contribution in [2.45, 2.75) is 39.5 Å². The van der Waals surface area contributed by atoms with Gasteiger partial charge in [0.15, 0.2) is 5.96 Å². The van der Waals surface area contributed by atoms with Crippen molar-refractivity contribution in [1.29, 1.82) is 0 Å². The molecule has 156 valence electrons. The highest BCUT2D eigenvalue weighted by Gasteiger charge is 2.07. The second-order valence-corrected chi connectivity index (χ2v) is 6.19. The summed E-state index contributed by atoms with van der Waals surface area (Å²) in [5.74, 6) is 2.88. The summed E-state index contributed by atoms with van der Waals surface area (Å²) in [5, 5.41) is 15.8. The van der Waals surface area contributed by atoms with Gasteiger partial charge in [-0.05, 0) is 44.2 Å². The van der Waals surface area contributed by atoms with E-state index in [0.717, 1.165) is 62.8 Å². The van der Waals surface area contributed by atoms with Gasteiger partial charge in [-0.25, -0.2) is 0 Å². The fourth-order valence-corrected chi connectivity index (χ4v) is 2.64. The van der Waals surface area contributed by atoms with Gasteiger partial charge in [0.05, 0.1) is 13.7 Å². The molecule has 27 heavy (non-hydrogen) atoms. The van der Waals surface area contributed by atoms with E-state index in [-0.39, 0.29) is 30.6 Å². The first-order valence-corrected chi connectivity index (χ1v) is 9.63. The molecule has 3 N–H and O–H groups in total. The third-order valence-electron chi connectivity index (χ3n) is 4.01. The molecule has 0 heterocycles. The summed E-state index contributed by atoms with van der Waals surface area (Å²) in [6.07, 6.45) is 3.89. The molecule has 1 unspecified atom stereocenters. The molecule has 0 radical (unpaired) electrons. The molecule has 0 spiro atoms. The number of aliphatic imine (C=N–C) groups is 1. The minimum atomic E-state index is 0. The molecule has 6 nitrogen and oxygen atoms in total. The highest BCUT2D eigenvalue weighted by atomic mass is 127. The predicted octanol–water partition coefficient (Wildman–Crippen LogP) is 3.44. The highest BCUT2D eigenvalue weighted by Crippen LogP contribution is 2.18. The predicted molar refractivity (Wildman–Crippen MR) is 123 cm³/mol. The number of rotatable bonds is 13. The number of nitrogens with one attached hydrogen (secondary N) is 2. The molecule has 0 aromatic heterocycles. The van der Waals surface area contributed by atoms with Crippen LogP contribution in [0.25, 0.3) is 0 Å². The zero-order valence-corrected chi connectivity index (χ0v) is 19.2. The van der Waals surface area contributed by atoms with Gasteiger partial charge < -0.3 is 25.2 Å². The normalized spacial score (nSPS) is 12.1. The largest absolute Gasteiger partial charge is 0.497 e. The first-order chi connectivity index (χ1) is 12.7. The molecular formula is C20H36IN3O3. The maximum Gasteiger partial charge on any atom is 0.191 e. The Bertz CT molecular complexity index is 509. The smallest absolute Gasteiger partial charge is 0.191 e. The van der Waals surface area contributed by atoms with Gasteiger partial charge in [0, 0.05) is 32.3 Å². The van der Waals surface area contributed by atoms with Crippen LogP contribution in [0.3, 0.4) is 0 Å². The number of ether oxygens (including phenoxy) is 2. The van der Waals surface area contributed by atoms with Gasteiger partial charge in [0.25, 0.3) is 0 Å². The summed E-state index contributed by atoms with van der Waals surface area (Å²) >= 11 is 0. The van der Waals surface area contributed by atoms with Crippen LogP contribution in [0.4, 0.5) is 0 Å². The average Bonchev–Trinajstić information content (AvgIpc) is 2.66. The molecule has 0 saturated carbocycles. The van der Waals surface area contributed by atoms with E-state index in [1.165, 1.54) is 0 Å². The molecule has 1 aromatic carbocycles. The molecule has 0 amide bonds. The van der Waals surface area contributed by atoms with Crippen molar-refractivity contribution in [3.8, 4) is 11.5 Å². The zero-order chi connectivity index (χ0) is 19.0. The van der Waals surface area contributed by atoms with E-state index in [9.17, 15) is 0 Å². The number of aliphatic hydroxyl groups excluding tert-OH is 1. The average molecular weight is 493 g/mol. The van der Waals surface area contributed by atoms with Gasteiger partial charge in [0.1, 0.15) is 11.5 Å². The summed E-state index contributed by atoms with van der Waals surface area (Å²) in [7, 11) is 1.65. The van der Waals surface area contributed by atoms with E-state index >= 15 is 0 Å². The molecule has 1 rings (SSSR count). The van der Waals surface area contributed by atoms with E-state index in [2.05, 4.69) is 29.5 Å². The van der Waals surface area contributed by atoms with Crippen molar-refractivity contribution in [3.63, 3.8) is 0 Å². The van der Waals surface area contributed by atoms with Crippen LogP contribution in [0.5, 0.6) is 11.5 Å². The summed E-state index contributed by atoms with van der Waals surface area (Å²) in [6, 6.07) is 7.63. The van der Waals surface area contributed by atoms with Crippen molar-refractivity contribution in [2.75, 3.05) is 40.0 Å². The van der Waals surface area contributed by atoms with Gasteiger partial charge in [-0.1, -0.05) is 19.4 Å². The molecule has 1 aromatic rings. The number of benzene rings is 1. The Morgan fingerprint density at radius 3 is 2.63 bits per heavy atom. The minimum absolute atomic E-state index is 0. The Kier molecular flexibility index (Phi) is 16.2. The molecular weight excluding hydrogens is 457 g/mol. The summed E-state index contributed by atoms with van der Waals surface area (Å²) in [5.41, 5.74) is 0. The summed E-state index contributed by atoms with van der Waals surface area (Å²) < 4.78 is 10.9. The van der Waals surface area contributed by atoms with Crippen LogP contribution in [0.15, 0.2) is 29.3 Å². The monoisotopic (exact) mass is 493 g/mol. The van der Waals surface area contributed by atoms with Gasteiger partial charge in [0.2, 0.25) is 0 Å². The number of aliphatic hydroxyl groups is 1. The first kappa shape index (κ1) is 25.8. The Balaban J connectivity index is 0.00000676. The van der Waals surface area contributed by atoms with Crippen molar-refractivity contribution in [2.24, 2.45) is 10.9 Å². The SMILES string of the molecule is CCCC(CCO)CN=C(NCC)NCCCOc1cccc(OC)c1.I. The standard InChI is InChI=1S/C20H35N3O3.HI/c1-4-8-17(11-13-24)16-23-20(21-5-2)22-12-7-14-26-19-10-6-9-18(15-19)25-3;/h6,9-10,15,17,24H,4-5,7-8,11-14,16H2,1-3H3,(H2,21,22,23);1H. The lowest BCUT2D eigenvalue weighted by Gasteiger charge is -2.15. The van der Waals surface area contributed by atoms with E-state index in [1.54, 1.807) is 7.11 Å². The van der Waals surface area contributed by atoms with E-state index in [1.807, 2.05) is 24.3 Å². The second kappa shape index (κ2) is 16.9. The Morgan fingerprint density at radius 1 is 1.19 bits per heavy atom. The Hall–Kier alpha value is -1.22. The van der Waals surface area contributed by atoms with E-state index in [4.69, 9.17) is 14.6 Å². The van der Waals surface area contributed by atoms with Crippen LogP contribution >= 0.6 is 24.0 Å². The fraction of sp³-hybridized carbons (Fsp3) is 0.650. The van der Waals surface area contributed by atoms with Gasteiger partial charge >= 0.3 is 0 Å². The molecule has 1 atom stereocenters. The second-order valence-electron chi connectivity index (χ2n) is 6.19. The van der Waals surface area contributed by atoms with Crippen LogP contribution in [0, 0.1) is 5.92 Å². The van der Waals surface area contributed by atoms with Gasteiger partial charge in [-0.2, -0.15) is 0 Å². The molecule has 0 aliphatic rings. The van der Waals surface area contributed by atoms with Gasteiger partial charge in [-0.3, -0.25) is 4.99 Å². The lowest BCUT2D eigenvalue weighted by Crippen LogP contribution is -2.38. The van der Waals surface area contributed by atoms with E-state index < -0.39 is 0 Å². The number of methoxy groups -OCH3 is 1. The number of hydrogen-bond donors (Lipinski definition) is 3. The zero-order valence-electron chi connectivity index (χ0n) is 16.9. The van der Waals surface area contributed by atoms with Crippen molar-refractivity contribution in [1.82, 2.24) is 10.6 Å².